The Morgan fingerprint density at radius 2 is 2.24 bits per heavy atom. The average Bonchev–Trinajstić information content (AvgIpc) is 2.26. The third kappa shape index (κ3) is 4.32. The van der Waals surface area contributed by atoms with Gasteiger partial charge >= 0.3 is 0 Å². The number of amides is 1. The molecule has 0 aliphatic carbocycles. The van der Waals surface area contributed by atoms with E-state index in [4.69, 9.17) is 0 Å². The standard InChI is InChI=1S/C11H17BrN4O/c1-4-5-13-10-9(6-8(12)7-14-10)11(17)15-16(2)3/h6-7H,4-5H2,1-3H3,(H,13,14)(H,15,17). The summed E-state index contributed by atoms with van der Waals surface area (Å²) in [5, 5.41) is 4.74. The van der Waals surface area contributed by atoms with E-state index in [0.29, 0.717) is 11.4 Å². The van der Waals surface area contributed by atoms with E-state index in [-0.39, 0.29) is 5.91 Å². The molecule has 5 nitrogen and oxygen atoms in total. The summed E-state index contributed by atoms with van der Waals surface area (Å²) in [5.74, 6) is 0.428. The third-order valence-corrected chi connectivity index (χ3v) is 2.40. The molecule has 0 aliphatic heterocycles. The summed E-state index contributed by atoms with van der Waals surface area (Å²) in [6.45, 7) is 2.85. The fourth-order valence-electron chi connectivity index (χ4n) is 1.26. The fraction of sp³-hybridized carbons (Fsp3) is 0.455. The Kier molecular flexibility index (Phi) is 5.37. The van der Waals surface area contributed by atoms with E-state index in [1.54, 1.807) is 31.4 Å². The van der Waals surface area contributed by atoms with Gasteiger partial charge in [-0.15, -0.1) is 0 Å². The molecule has 0 aromatic carbocycles. The molecule has 0 aliphatic rings. The maximum absolute atomic E-state index is 11.9. The summed E-state index contributed by atoms with van der Waals surface area (Å²) in [6, 6.07) is 1.75. The number of halogens is 1. The van der Waals surface area contributed by atoms with E-state index in [2.05, 4.69) is 38.6 Å². The van der Waals surface area contributed by atoms with Gasteiger partial charge in [0.05, 0.1) is 5.56 Å². The highest BCUT2D eigenvalue weighted by Gasteiger charge is 2.13. The molecule has 6 heteroatoms. The zero-order valence-electron chi connectivity index (χ0n) is 10.2. The van der Waals surface area contributed by atoms with Crippen molar-refractivity contribution < 1.29 is 4.79 Å². The van der Waals surface area contributed by atoms with Crippen molar-refractivity contribution >= 4 is 27.7 Å². The predicted octanol–water partition coefficient (Wildman–Crippen LogP) is 1.87. The molecule has 1 aromatic rings. The topological polar surface area (TPSA) is 57.3 Å². The molecule has 0 unspecified atom stereocenters. The summed E-state index contributed by atoms with van der Waals surface area (Å²) in [6.07, 6.45) is 2.65. The van der Waals surface area contributed by atoms with E-state index in [0.717, 1.165) is 17.4 Å². The Bertz CT molecular complexity index is 395. The molecular weight excluding hydrogens is 284 g/mol. The molecule has 0 saturated carbocycles. The van der Waals surface area contributed by atoms with Crippen LogP contribution in [0.4, 0.5) is 5.82 Å². The second-order valence-corrected chi connectivity index (χ2v) is 4.73. The first-order valence-corrected chi connectivity index (χ1v) is 6.21. The van der Waals surface area contributed by atoms with Gasteiger partial charge in [-0.25, -0.2) is 9.99 Å². The minimum absolute atomic E-state index is 0.178. The van der Waals surface area contributed by atoms with Crippen molar-refractivity contribution in [3.05, 3.63) is 22.3 Å². The Morgan fingerprint density at radius 1 is 1.53 bits per heavy atom. The highest BCUT2D eigenvalue weighted by atomic mass is 79.9. The second-order valence-electron chi connectivity index (χ2n) is 3.81. The van der Waals surface area contributed by atoms with Crippen molar-refractivity contribution in [1.82, 2.24) is 15.4 Å². The SMILES string of the molecule is CCCNc1ncc(Br)cc1C(=O)NN(C)C. The van der Waals surface area contributed by atoms with Gasteiger partial charge in [-0.3, -0.25) is 10.2 Å². The summed E-state index contributed by atoms with van der Waals surface area (Å²) < 4.78 is 0.781. The number of hydrogen-bond donors (Lipinski definition) is 2. The van der Waals surface area contributed by atoms with Gasteiger partial charge < -0.3 is 5.32 Å². The van der Waals surface area contributed by atoms with Crippen LogP contribution in [0.15, 0.2) is 16.7 Å². The highest BCUT2D eigenvalue weighted by molar-refractivity contribution is 9.10. The summed E-state index contributed by atoms with van der Waals surface area (Å²) >= 11 is 3.32. The first-order chi connectivity index (χ1) is 8.04. The van der Waals surface area contributed by atoms with Crippen molar-refractivity contribution in [2.75, 3.05) is 26.0 Å². The van der Waals surface area contributed by atoms with Crippen LogP contribution in [0.2, 0.25) is 0 Å². The molecular formula is C11H17BrN4O. The van der Waals surface area contributed by atoms with Crippen LogP contribution in [0, 0.1) is 0 Å². The minimum atomic E-state index is -0.178. The number of pyridine rings is 1. The van der Waals surface area contributed by atoms with Crippen molar-refractivity contribution in [2.45, 2.75) is 13.3 Å². The number of anilines is 1. The van der Waals surface area contributed by atoms with Crippen LogP contribution >= 0.6 is 15.9 Å². The number of nitrogens with zero attached hydrogens (tertiary/aromatic N) is 2. The molecule has 2 N–H and O–H groups in total. The Hall–Kier alpha value is -1.14. The molecule has 0 radical (unpaired) electrons. The first kappa shape index (κ1) is 13.9. The van der Waals surface area contributed by atoms with Gasteiger partial charge in [0.1, 0.15) is 5.82 Å². The minimum Gasteiger partial charge on any atom is -0.369 e. The molecule has 1 amide bonds. The van der Waals surface area contributed by atoms with Crippen LogP contribution in [0.5, 0.6) is 0 Å². The smallest absolute Gasteiger partial charge is 0.269 e. The van der Waals surface area contributed by atoms with Crippen molar-refractivity contribution in [3.8, 4) is 0 Å². The Labute approximate surface area is 110 Å². The lowest BCUT2D eigenvalue weighted by Crippen LogP contribution is -2.36. The van der Waals surface area contributed by atoms with Crippen LogP contribution < -0.4 is 10.7 Å². The number of carbonyl (C=O) groups is 1. The van der Waals surface area contributed by atoms with Gasteiger partial charge in [-0.2, -0.15) is 0 Å². The van der Waals surface area contributed by atoms with Crippen LogP contribution in [0.25, 0.3) is 0 Å². The van der Waals surface area contributed by atoms with E-state index in [9.17, 15) is 4.79 Å². The largest absolute Gasteiger partial charge is 0.369 e. The first-order valence-electron chi connectivity index (χ1n) is 5.42. The molecule has 17 heavy (non-hydrogen) atoms. The van der Waals surface area contributed by atoms with Crippen molar-refractivity contribution in [2.24, 2.45) is 0 Å². The van der Waals surface area contributed by atoms with Crippen LogP contribution in [0.1, 0.15) is 23.7 Å². The number of carbonyl (C=O) groups excluding carboxylic acids is 1. The highest BCUT2D eigenvalue weighted by Crippen LogP contribution is 2.18. The quantitative estimate of drug-likeness (QED) is 0.815. The predicted molar refractivity (Wildman–Crippen MR) is 71.9 cm³/mol. The van der Waals surface area contributed by atoms with Gasteiger partial charge in [0.25, 0.3) is 5.91 Å². The lowest BCUT2D eigenvalue weighted by atomic mass is 10.2. The van der Waals surface area contributed by atoms with Crippen LogP contribution in [-0.2, 0) is 0 Å². The molecule has 0 spiro atoms. The normalized spacial score (nSPS) is 10.4. The van der Waals surface area contributed by atoms with Gasteiger partial charge in [0.15, 0.2) is 0 Å². The fourth-order valence-corrected chi connectivity index (χ4v) is 1.59. The van der Waals surface area contributed by atoms with Crippen molar-refractivity contribution in [1.29, 1.82) is 0 Å². The zero-order chi connectivity index (χ0) is 12.8. The third-order valence-electron chi connectivity index (χ3n) is 1.97. The maximum Gasteiger partial charge on any atom is 0.269 e. The second kappa shape index (κ2) is 6.56. The lowest BCUT2D eigenvalue weighted by Gasteiger charge is -2.14. The van der Waals surface area contributed by atoms with Gasteiger partial charge in [0.2, 0.25) is 0 Å². The lowest BCUT2D eigenvalue weighted by molar-refractivity contribution is 0.0857. The van der Waals surface area contributed by atoms with Gasteiger partial charge in [-0.05, 0) is 28.4 Å². The molecule has 0 saturated heterocycles. The molecule has 1 rings (SSSR count). The van der Waals surface area contributed by atoms with Crippen LogP contribution in [-0.4, -0.2) is 36.5 Å². The molecule has 0 atom stereocenters. The summed E-state index contributed by atoms with van der Waals surface area (Å²) in [5.41, 5.74) is 3.23. The molecule has 0 bridgehead atoms. The molecule has 1 heterocycles. The molecule has 1 aromatic heterocycles. The number of hydrogen-bond acceptors (Lipinski definition) is 4. The van der Waals surface area contributed by atoms with Gasteiger partial charge in [0, 0.05) is 31.3 Å². The maximum atomic E-state index is 11.9. The molecule has 0 fully saturated rings. The summed E-state index contributed by atoms with van der Waals surface area (Å²) in [4.78, 5) is 16.1. The van der Waals surface area contributed by atoms with E-state index >= 15 is 0 Å². The van der Waals surface area contributed by atoms with Crippen molar-refractivity contribution in [3.63, 3.8) is 0 Å². The van der Waals surface area contributed by atoms with E-state index in [1.165, 1.54) is 0 Å². The monoisotopic (exact) mass is 300 g/mol. The molecule has 94 valence electrons. The number of aromatic nitrogens is 1. The number of hydrazine groups is 1. The Balaban J connectivity index is 2.93. The number of rotatable bonds is 5. The van der Waals surface area contributed by atoms with Crippen LogP contribution in [0.3, 0.4) is 0 Å². The zero-order valence-corrected chi connectivity index (χ0v) is 11.8. The average molecular weight is 301 g/mol. The Morgan fingerprint density at radius 3 is 2.82 bits per heavy atom. The summed E-state index contributed by atoms with van der Waals surface area (Å²) in [7, 11) is 3.53. The van der Waals surface area contributed by atoms with Gasteiger partial charge in [-0.1, -0.05) is 6.92 Å². The number of nitrogens with one attached hydrogen (secondary N) is 2. The van der Waals surface area contributed by atoms with E-state index in [1.807, 2.05) is 0 Å². The van der Waals surface area contributed by atoms with E-state index < -0.39 is 0 Å².